The topological polar surface area (TPSA) is 84.7 Å². The Labute approximate surface area is 144 Å². The van der Waals surface area contributed by atoms with Gasteiger partial charge in [0.1, 0.15) is 0 Å². The number of hydrogen-bond acceptors (Lipinski definition) is 5. The predicted octanol–water partition coefficient (Wildman–Crippen LogP) is 2.23. The van der Waals surface area contributed by atoms with Crippen molar-refractivity contribution in [3.05, 3.63) is 34.1 Å². The van der Waals surface area contributed by atoms with Gasteiger partial charge < -0.3 is 10.6 Å². The number of aromatic nitrogens is 4. The molecule has 0 fully saturated rings. The zero-order valence-electron chi connectivity index (χ0n) is 13.7. The quantitative estimate of drug-likeness (QED) is 0.830. The normalized spacial score (nSPS) is 11.5. The van der Waals surface area contributed by atoms with E-state index in [-0.39, 0.29) is 18.0 Å². The molecule has 2 N–H and O–H groups in total. The molecular weight excluding hydrogens is 360 g/mol. The number of carbonyl (C=O) groups excluding carboxylic acids is 1. The maximum Gasteiger partial charge on any atom is 0.238 e. The van der Waals surface area contributed by atoms with Gasteiger partial charge in [-0.05, 0) is 56.7 Å². The van der Waals surface area contributed by atoms with Gasteiger partial charge in [-0.1, -0.05) is 15.9 Å². The molecule has 0 saturated carbocycles. The Kier molecular flexibility index (Phi) is 5.48. The molecule has 1 aromatic heterocycles. The Morgan fingerprint density at radius 3 is 2.70 bits per heavy atom. The van der Waals surface area contributed by atoms with E-state index in [9.17, 15) is 4.79 Å². The van der Waals surface area contributed by atoms with Crippen LogP contribution < -0.4 is 10.6 Å². The van der Waals surface area contributed by atoms with Gasteiger partial charge in [-0.3, -0.25) is 4.79 Å². The number of carbonyl (C=O) groups is 1. The van der Waals surface area contributed by atoms with Crippen molar-refractivity contribution < 1.29 is 4.79 Å². The fraction of sp³-hybridized carbons (Fsp3) is 0.467. The lowest BCUT2D eigenvalue weighted by atomic mass is 10.1. The zero-order valence-corrected chi connectivity index (χ0v) is 15.3. The van der Waals surface area contributed by atoms with Crippen molar-refractivity contribution in [2.75, 3.05) is 11.9 Å². The Balaban J connectivity index is 1.80. The molecule has 1 heterocycles. The molecule has 0 aliphatic heterocycles. The summed E-state index contributed by atoms with van der Waals surface area (Å²) in [6.07, 6.45) is 0. The molecule has 124 valence electrons. The highest BCUT2D eigenvalue weighted by Crippen LogP contribution is 2.19. The van der Waals surface area contributed by atoms with Gasteiger partial charge in [0, 0.05) is 10.2 Å². The SMILES string of the molecule is Cc1cc(NC(=O)CNCc2nnn(C(C)(C)C)n2)ccc1Br. The molecule has 1 amide bonds. The molecule has 0 atom stereocenters. The molecule has 0 unspecified atom stereocenters. The van der Waals surface area contributed by atoms with Gasteiger partial charge in [0.25, 0.3) is 0 Å². The summed E-state index contributed by atoms with van der Waals surface area (Å²) in [7, 11) is 0. The molecule has 23 heavy (non-hydrogen) atoms. The smallest absolute Gasteiger partial charge is 0.238 e. The van der Waals surface area contributed by atoms with Gasteiger partial charge in [0.2, 0.25) is 5.91 Å². The maximum atomic E-state index is 11.9. The van der Waals surface area contributed by atoms with Crippen molar-refractivity contribution in [1.82, 2.24) is 25.5 Å². The third-order valence-electron chi connectivity index (χ3n) is 3.07. The van der Waals surface area contributed by atoms with E-state index < -0.39 is 0 Å². The molecule has 0 radical (unpaired) electrons. The van der Waals surface area contributed by atoms with Crippen LogP contribution in [0.4, 0.5) is 5.69 Å². The average Bonchev–Trinajstić information content (AvgIpc) is 2.92. The number of anilines is 1. The van der Waals surface area contributed by atoms with Gasteiger partial charge in [-0.25, -0.2) is 0 Å². The first kappa shape index (κ1) is 17.6. The minimum atomic E-state index is -0.206. The van der Waals surface area contributed by atoms with Crippen molar-refractivity contribution in [1.29, 1.82) is 0 Å². The first-order valence-electron chi connectivity index (χ1n) is 7.32. The Hall–Kier alpha value is -1.80. The van der Waals surface area contributed by atoms with Crippen LogP contribution in [-0.2, 0) is 16.9 Å². The summed E-state index contributed by atoms with van der Waals surface area (Å²) in [5.74, 6) is 0.446. The summed E-state index contributed by atoms with van der Waals surface area (Å²) in [5.41, 5.74) is 1.63. The summed E-state index contributed by atoms with van der Waals surface area (Å²) in [6.45, 7) is 8.54. The van der Waals surface area contributed by atoms with Crippen molar-refractivity contribution in [2.45, 2.75) is 39.8 Å². The number of amides is 1. The molecule has 0 bridgehead atoms. The molecule has 0 aliphatic rings. The van der Waals surface area contributed by atoms with Crippen LogP contribution in [0.2, 0.25) is 0 Å². The fourth-order valence-corrected chi connectivity index (χ4v) is 2.06. The molecule has 1 aromatic carbocycles. The van der Waals surface area contributed by atoms with E-state index in [4.69, 9.17) is 0 Å². The van der Waals surface area contributed by atoms with Crippen LogP contribution in [0, 0.1) is 6.92 Å². The van der Waals surface area contributed by atoms with Crippen LogP contribution in [0.1, 0.15) is 32.2 Å². The summed E-state index contributed by atoms with van der Waals surface area (Å²) >= 11 is 3.43. The number of halogens is 1. The van der Waals surface area contributed by atoms with Gasteiger partial charge in [0.05, 0.1) is 18.6 Å². The number of nitrogens with zero attached hydrogens (tertiary/aromatic N) is 4. The lowest BCUT2D eigenvalue weighted by molar-refractivity contribution is -0.115. The highest BCUT2D eigenvalue weighted by molar-refractivity contribution is 9.10. The number of tetrazole rings is 1. The fourth-order valence-electron chi connectivity index (χ4n) is 1.81. The summed E-state index contributed by atoms with van der Waals surface area (Å²) < 4.78 is 1.02. The van der Waals surface area contributed by atoms with E-state index >= 15 is 0 Å². The van der Waals surface area contributed by atoms with Crippen LogP contribution in [0.5, 0.6) is 0 Å². The molecule has 8 heteroatoms. The first-order chi connectivity index (χ1) is 10.8. The zero-order chi connectivity index (χ0) is 17.0. The molecule has 2 rings (SSSR count). The Morgan fingerprint density at radius 2 is 2.09 bits per heavy atom. The van der Waals surface area contributed by atoms with Gasteiger partial charge in [0.15, 0.2) is 5.82 Å². The van der Waals surface area contributed by atoms with Crippen molar-refractivity contribution in [3.8, 4) is 0 Å². The van der Waals surface area contributed by atoms with Gasteiger partial charge in [-0.2, -0.15) is 4.80 Å². The van der Waals surface area contributed by atoms with E-state index in [1.165, 1.54) is 0 Å². The lowest BCUT2D eigenvalue weighted by Gasteiger charge is -2.15. The number of rotatable bonds is 5. The molecule has 0 saturated heterocycles. The first-order valence-corrected chi connectivity index (χ1v) is 8.11. The second-order valence-electron chi connectivity index (χ2n) is 6.28. The lowest BCUT2D eigenvalue weighted by Crippen LogP contribution is -2.28. The van der Waals surface area contributed by atoms with E-state index in [0.29, 0.717) is 12.4 Å². The highest BCUT2D eigenvalue weighted by atomic mass is 79.9. The van der Waals surface area contributed by atoms with Crippen LogP contribution in [0.15, 0.2) is 22.7 Å². The third-order valence-corrected chi connectivity index (χ3v) is 3.96. The number of hydrogen-bond donors (Lipinski definition) is 2. The van der Waals surface area contributed by atoms with Crippen molar-refractivity contribution in [2.24, 2.45) is 0 Å². The molecule has 0 spiro atoms. The van der Waals surface area contributed by atoms with Crippen LogP contribution in [0.3, 0.4) is 0 Å². The van der Waals surface area contributed by atoms with E-state index in [1.54, 1.807) is 4.80 Å². The highest BCUT2D eigenvalue weighted by Gasteiger charge is 2.16. The summed E-state index contributed by atoms with van der Waals surface area (Å²) in [4.78, 5) is 13.5. The monoisotopic (exact) mass is 380 g/mol. The standard InChI is InChI=1S/C15H21BrN6O/c1-10-7-11(5-6-12(10)16)18-14(23)9-17-8-13-19-21-22(20-13)15(2,3)4/h5-7,17H,8-9H2,1-4H3,(H,18,23). The molecule has 7 nitrogen and oxygen atoms in total. The number of nitrogens with one attached hydrogen (secondary N) is 2. The van der Waals surface area contributed by atoms with Crippen molar-refractivity contribution in [3.63, 3.8) is 0 Å². The Morgan fingerprint density at radius 1 is 1.35 bits per heavy atom. The number of aryl methyl sites for hydroxylation is 1. The Bertz CT molecular complexity index is 692. The minimum Gasteiger partial charge on any atom is -0.325 e. The summed E-state index contributed by atoms with van der Waals surface area (Å²) in [6, 6.07) is 5.68. The van der Waals surface area contributed by atoms with Crippen molar-refractivity contribution >= 4 is 27.5 Å². The minimum absolute atomic E-state index is 0.116. The molecule has 2 aromatic rings. The molecular formula is C15H21BrN6O. The van der Waals surface area contributed by atoms with Crippen LogP contribution >= 0.6 is 15.9 Å². The number of benzene rings is 1. The van der Waals surface area contributed by atoms with Gasteiger partial charge >= 0.3 is 0 Å². The molecule has 0 aliphatic carbocycles. The summed E-state index contributed by atoms with van der Waals surface area (Å²) in [5, 5.41) is 18.1. The average molecular weight is 381 g/mol. The van der Waals surface area contributed by atoms with Gasteiger partial charge in [-0.15, -0.1) is 10.2 Å². The third kappa shape index (κ3) is 5.11. The van der Waals surface area contributed by atoms with Crippen LogP contribution in [-0.4, -0.2) is 32.7 Å². The van der Waals surface area contributed by atoms with E-state index in [0.717, 1.165) is 15.7 Å². The second kappa shape index (κ2) is 7.18. The largest absolute Gasteiger partial charge is 0.325 e. The van der Waals surface area contributed by atoms with E-state index in [2.05, 4.69) is 42.0 Å². The second-order valence-corrected chi connectivity index (χ2v) is 7.14. The van der Waals surface area contributed by atoms with E-state index in [1.807, 2.05) is 45.9 Å². The van der Waals surface area contributed by atoms with Crippen LogP contribution in [0.25, 0.3) is 0 Å². The maximum absolute atomic E-state index is 11.9. The predicted molar refractivity (Wildman–Crippen MR) is 92.0 cm³/mol.